The van der Waals surface area contributed by atoms with Crippen molar-refractivity contribution in [1.29, 1.82) is 0 Å². The normalized spacial score (nSPS) is 16.8. The third-order valence-corrected chi connectivity index (χ3v) is 2.92. The standard InChI is InChI=1S/C15H15N3O/c1-15(2)10-19-14(18-15)12-6-4-11(5-7-12)13-16-8-3-9-17-13/h3-9H,10H2,1-2H3. The van der Waals surface area contributed by atoms with Gasteiger partial charge in [-0.3, -0.25) is 0 Å². The molecule has 2 heterocycles. The van der Waals surface area contributed by atoms with Gasteiger partial charge in [-0.1, -0.05) is 12.1 Å². The van der Waals surface area contributed by atoms with Gasteiger partial charge < -0.3 is 4.74 Å². The van der Waals surface area contributed by atoms with Gasteiger partial charge in [0.25, 0.3) is 0 Å². The lowest BCUT2D eigenvalue weighted by Crippen LogP contribution is -2.17. The van der Waals surface area contributed by atoms with E-state index < -0.39 is 0 Å². The first-order chi connectivity index (χ1) is 9.14. The number of aliphatic imine (C=N–C) groups is 1. The summed E-state index contributed by atoms with van der Waals surface area (Å²) in [7, 11) is 0. The van der Waals surface area contributed by atoms with Gasteiger partial charge in [0, 0.05) is 23.5 Å². The van der Waals surface area contributed by atoms with Gasteiger partial charge in [-0.25, -0.2) is 15.0 Å². The molecule has 0 N–H and O–H groups in total. The topological polar surface area (TPSA) is 47.4 Å². The molecule has 0 spiro atoms. The van der Waals surface area contributed by atoms with Crippen molar-refractivity contribution in [2.75, 3.05) is 6.61 Å². The second kappa shape index (κ2) is 4.46. The van der Waals surface area contributed by atoms with E-state index in [4.69, 9.17) is 4.74 Å². The average Bonchev–Trinajstić information content (AvgIpc) is 2.80. The number of ether oxygens (including phenoxy) is 1. The van der Waals surface area contributed by atoms with E-state index >= 15 is 0 Å². The first kappa shape index (κ1) is 11.8. The van der Waals surface area contributed by atoms with Crippen molar-refractivity contribution < 1.29 is 4.74 Å². The van der Waals surface area contributed by atoms with E-state index in [1.165, 1.54) is 0 Å². The Kier molecular flexibility index (Phi) is 2.78. The lowest BCUT2D eigenvalue weighted by Gasteiger charge is -2.07. The Bertz CT molecular complexity index is 603. The van der Waals surface area contributed by atoms with Gasteiger partial charge in [0.2, 0.25) is 5.90 Å². The summed E-state index contributed by atoms with van der Waals surface area (Å²) in [4.78, 5) is 13.0. The van der Waals surface area contributed by atoms with Crippen LogP contribution in [0.3, 0.4) is 0 Å². The second-order valence-electron chi connectivity index (χ2n) is 5.17. The zero-order chi connectivity index (χ0) is 13.3. The molecule has 4 nitrogen and oxygen atoms in total. The maximum Gasteiger partial charge on any atom is 0.216 e. The number of benzene rings is 1. The summed E-state index contributed by atoms with van der Waals surface area (Å²) in [6.45, 7) is 4.75. The fourth-order valence-electron chi connectivity index (χ4n) is 1.94. The summed E-state index contributed by atoms with van der Waals surface area (Å²) in [5, 5.41) is 0. The van der Waals surface area contributed by atoms with Crippen molar-refractivity contribution in [3.63, 3.8) is 0 Å². The van der Waals surface area contributed by atoms with Crippen molar-refractivity contribution in [2.45, 2.75) is 19.4 Å². The van der Waals surface area contributed by atoms with Gasteiger partial charge in [0.15, 0.2) is 5.82 Å². The van der Waals surface area contributed by atoms with Crippen molar-refractivity contribution in [3.05, 3.63) is 48.3 Å². The van der Waals surface area contributed by atoms with E-state index in [0.29, 0.717) is 12.5 Å². The predicted molar refractivity (Wildman–Crippen MR) is 74.0 cm³/mol. The molecule has 1 aliphatic heterocycles. The maximum atomic E-state index is 5.62. The molecule has 3 rings (SSSR count). The molecule has 0 bridgehead atoms. The van der Waals surface area contributed by atoms with Gasteiger partial charge >= 0.3 is 0 Å². The summed E-state index contributed by atoms with van der Waals surface area (Å²) in [6.07, 6.45) is 3.48. The largest absolute Gasteiger partial charge is 0.475 e. The van der Waals surface area contributed by atoms with Gasteiger partial charge in [0.1, 0.15) is 6.61 Å². The van der Waals surface area contributed by atoms with Gasteiger partial charge in [-0.15, -0.1) is 0 Å². The number of hydrogen-bond acceptors (Lipinski definition) is 4. The molecule has 0 amide bonds. The summed E-state index contributed by atoms with van der Waals surface area (Å²) < 4.78 is 5.62. The van der Waals surface area contributed by atoms with E-state index in [2.05, 4.69) is 28.8 Å². The highest BCUT2D eigenvalue weighted by Gasteiger charge is 2.26. The molecule has 4 heteroatoms. The van der Waals surface area contributed by atoms with Gasteiger partial charge in [-0.05, 0) is 32.0 Å². The zero-order valence-corrected chi connectivity index (χ0v) is 11.0. The van der Waals surface area contributed by atoms with Crippen LogP contribution in [0.2, 0.25) is 0 Å². The molecule has 1 aromatic carbocycles. The molecule has 0 fully saturated rings. The first-order valence-corrected chi connectivity index (χ1v) is 6.25. The average molecular weight is 253 g/mol. The number of nitrogens with zero attached hydrogens (tertiary/aromatic N) is 3. The van der Waals surface area contributed by atoms with Crippen LogP contribution in [0, 0.1) is 0 Å². The van der Waals surface area contributed by atoms with E-state index in [9.17, 15) is 0 Å². The Balaban J connectivity index is 1.88. The molecular weight excluding hydrogens is 238 g/mol. The molecule has 0 saturated carbocycles. The smallest absolute Gasteiger partial charge is 0.216 e. The summed E-state index contributed by atoms with van der Waals surface area (Å²) in [6, 6.07) is 9.77. The second-order valence-corrected chi connectivity index (χ2v) is 5.17. The molecule has 96 valence electrons. The minimum atomic E-state index is -0.128. The quantitative estimate of drug-likeness (QED) is 0.826. The van der Waals surface area contributed by atoms with Crippen molar-refractivity contribution in [3.8, 4) is 11.4 Å². The molecule has 0 radical (unpaired) electrons. The van der Waals surface area contributed by atoms with E-state index in [0.717, 1.165) is 17.0 Å². The molecule has 19 heavy (non-hydrogen) atoms. The van der Waals surface area contributed by atoms with Crippen LogP contribution < -0.4 is 0 Å². The van der Waals surface area contributed by atoms with Gasteiger partial charge in [0.05, 0.1) is 5.54 Å². The summed E-state index contributed by atoms with van der Waals surface area (Å²) in [5.41, 5.74) is 1.85. The Morgan fingerprint density at radius 2 is 1.63 bits per heavy atom. The van der Waals surface area contributed by atoms with Crippen LogP contribution >= 0.6 is 0 Å². The lowest BCUT2D eigenvalue weighted by molar-refractivity contribution is 0.279. The van der Waals surface area contributed by atoms with Crippen LogP contribution in [0.25, 0.3) is 11.4 Å². The minimum Gasteiger partial charge on any atom is -0.475 e. The number of hydrogen-bond donors (Lipinski definition) is 0. The molecular formula is C15H15N3O. The van der Waals surface area contributed by atoms with Crippen LogP contribution in [0.15, 0.2) is 47.7 Å². The first-order valence-electron chi connectivity index (χ1n) is 6.25. The van der Waals surface area contributed by atoms with Crippen molar-refractivity contribution >= 4 is 5.90 Å². The lowest BCUT2D eigenvalue weighted by atomic mass is 10.1. The molecule has 0 unspecified atom stereocenters. The fraction of sp³-hybridized carbons (Fsp3) is 0.267. The van der Waals surface area contributed by atoms with Crippen LogP contribution in [-0.4, -0.2) is 28.0 Å². The minimum absolute atomic E-state index is 0.128. The molecule has 0 atom stereocenters. The molecule has 2 aromatic rings. The monoisotopic (exact) mass is 253 g/mol. The van der Waals surface area contributed by atoms with E-state index in [-0.39, 0.29) is 5.54 Å². The van der Waals surface area contributed by atoms with E-state index in [1.54, 1.807) is 18.5 Å². The fourth-order valence-corrected chi connectivity index (χ4v) is 1.94. The molecule has 0 aliphatic carbocycles. The Morgan fingerprint density at radius 3 is 2.21 bits per heavy atom. The van der Waals surface area contributed by atoms with Crippen LogP contribution in [0.5, 0.6) is 0 Å². The highest BCUT2D eigenvalue weighted by molar-refractivity contribution is 5.95. The Labute approximate surface area is 112 Å². The molecule has 0 saturated heterocycles. The van der Waals surface area contributed by atoms with Gasteiger partial charge in [-0.2, -0.15) is 0 Å². The van der Waals surface area contributed by atoms with Crippen molar-refractivity contribution in [1.82, 2.24) is 9.97 Å². The Morgan fingerprint density at radius 1 is 1.00 bits per heavy atom. The third kappa shape index (κ3) is 2.47. The number of aromatic nitrogens is 2. The van der Waals surface area contributed by atoms with Crippen LogP contribution in [0.4, 0.5) is 0 Å². The highest BCUT2D eigenvalue weighted by Crippen LogP contribution is 2.22. The SMILES string of the molecule is CC1(C)COC(c2ccc(-c3ncccn3)cc2)=N1. The highest BCUT2D eigenvalue weighted by atomic mass is 16.5. The molecule has 1 aromatic heterocycles. The van der Waals surface area contributed by atoms with Crippen LogP contribution in [-0.2, 0) is 4.74 Å². The predicted octanol–water partition coefficient (Wildman–Crippen LogP) is 2.70. The van der Waals surface area contributed by atoms with Crippen LogP contribution in [0.1, 0.15) is 19.4 Å². The van der Waals surface area contributed by atoms with E-state index in [1.807, 2.05) is 24.3 Å². The summed E-state index contributed by atoms with van der Waals surface area (Å²) >= 11 is 0. The zero-order valence-electron chi connectivity index (χ0n) is 11.0. The Hall–Kier alpha value is -2.23. The third-order valence-electron chi connectivity index (χ3n) is 2.92. The maximum absolute atomic E-state index is 5.62. The summed E-state index contributed by atoms with van der Waals surface area (Å²) in [5.74, 6) is 1.44. The number of rotatable bonds is 2. The molecule has 1 aliphatic rings. The van der Waals surface area contributed by atoms with Crippen molar-refractivity contribution in [2.24, 2.45) is 4.99 Å².